The fourth-order valence-corrected chi connectivity index (χ4v) is 2.09. The molecule has 2 aromatic rings. The van der Waals surface area contributed by atoms with Gasteiger partial charge in [-0.05, 0) is 25.5 Å². The fraction of sp³-hybridized carbons (Fsp3) is 0.417. The van der Waals surface area contributed by atoms with Gasteiger partial charge in [-0.15, -0.1) is 0 Å². The van der Waals surface area contributed by atoms with Gasteiger partial charge in [-0.3, -0.25) is 4.98 Å². The Kier molecular flexibility index (Phi) is 3.02. The van der Waals surface area contributed by atoms with Crippen molar-refractivity contribution in [2.45, 2.75) is 25.3 Å². The van der Waals surface area contributed by atoms with Crippen LogP contribution in [0.3, 0.4) is 0 Å². The first-order valence-electron chi connectivity index (χ1n) is 6.01. The maximum Gasteiger partial charge on any atom is 0.259 e. The third-order valence-corrected chi connectivity index (χ3v) is 3.02. The van der Waals surface area contributed by atoms with Gasteiger partial charge in [-0.1, -0.05) is 11.6 Å². The number of aromatic nitrogens is 3. The predicted octanol–water partition coefficient (Wildman–Crippen LogP) is 2.09. The summed E-state index contributed by atoms with van der Waals surface area (Å²) in [6.45, 7) is 0.968. The molecule has 0 aliphatic carbocycles. The van der Waals surface area contributed by atoms with Crippen molar-refractivity contribution in [1.29, 1.82) is 0 Å². The molecule has 1 atom stereocenters. The fourth-order valence-electron chi connectivity index (χ4n) is 2.09. The highest BCUT2D eigenvalue weighted by Gasteiger charge is 2.20. The smallest absolute Gasteiger partial charge is 0.259 e. The van der Waals surface area contributed by atoms with E-state index in [9.17, 15) is 4.39 Å². The van der Waals surface area contributed by atoms with E-state index < -0.39 is 5.82 Å². The summed E-state index contributed by atoms with van der Waals surface area (Å²) >= 11 is 0. The van der Waals surface area contributed by atoms with Crippen LogP contribution in [0.15, 0.2) is 23.0 Å². The predicted molar refractivity (Wildman–Crippen MR) is 62.1 cm³/mol. The van der Waals surface area contributed by atoms with E-state index >= 15 is 0 Å². The van der Waals surface area contributed by atoms with E-state index in [0.717, 1.165) is 25.6 Å². The standard InChI is InChI=1S/C12H13FN4O/c13-9-5-8(6-14-7-9)12-16-11(17-18-12)10-3-1-2-4-15-10/h5-7,10,15H,1-4H2. The monoisotopic (exact) mass is 248 g/mol. The Morgan fingerprint density at radius 1 is 1.33 bits per heavy atom. The van der Waals surface area contributed by atoms with Gasteiger partial charge in [0.25, 0.3) is 5.89 Å². The molecule has 6 heteroatoms. The van der Waals surface area contributed by atoms with Gasteiger partial charge in [0.15, 0.2) is 5.82 Å². The average molecular weight is 248 g/mol. The lowest BCUT2D eigenvalue weighted by Gasteiger charge is -2.19. The van der Waals surface area contributed by atoms with Gasteiger partial charge >= 0.3 is 0 Å². The summed E-state index contributed by atoms with van der Waals surface area (Å²) in [6.07, 6.45) is 5.98. The quantitative estimate of drug-likeness (QED) is 0.881. The Morgan fingerprint density at radius 2 is 2.28 bits per heavy atom. The number of hydrogen-bond donors (Lipinski definition) is 1. The number of rotatable bonds is 2. The van der Waals surface area contributed by atoms with E-state index in [1.807, 2.05) is 0 Å². The molecule has 94 valence electrons. The summed E-state index contributed by atoms with van der Waals surface area (Å²) < 4.78 is 18.2. The summed E-state index contributed by atoms with van der Waals surface area (Å²) in [5.41, 5.74) is 0.504. The van der Waals surface area contributed by atoms with Crippen molar-refractivity contribution >= 4 is 0 Å². The molecule has 3 heterocycles. The van der Waals surface area contributed by atoms with Crippen LogP contribution in [0.2, 0.25) is 0 Å². The van der Waals surface area contributed by atoms with Crippen LogP contribution in [0.5, 0.6) is 0 Å². The largest absolute Gasteiger partial charge is 0.334 e. The number of nitrogens with zero attached hydrogens (tertiary/aromatic N) is 3. The van der Waals surface area contributed by atoms with Gasteiger partial charge in [0.05, 0.1) is 17.8 Å². The molecular weight excluding hydrogens is 235 g/mol. The molecule has 2 aromatic heterocycles. The SMILES string of the molecule is Fc1cncc(-c2nc(C3CCCCN3)no2)c1. The van der Waals surface area contributed by atoms with Crippen LogP contribution >= 0.6 is 0 Å². The van der Waals surface area contributed by atoms with Crippen LogP contribution in [0.25, 0.3) is 11.5 Å². The third-order valence-electron chi connectivity index (χ3n) is 3.02. The number of pyridine rings is 1. The van der Waals surface area contributed by atoms with Gasteiger partial charge in [0.2, 0.25) is 0 Å². The van der Waals surface area contributed by atoms with Crippen LogP contribution in [0, 0.1) is 5.82 Å². The highest BCUT2D eigenvalue weighted by Crippen LogP contribution is 2.23. The van der Waals surface area contributed by atoms with Crippen molar-refractivity contribution in [3.63, 3.8) is 0 Å². The topological polar surface area (TPSA) is 63.8 Å². The lowest BCUT2D eigenvalue weighted by Crippen LogP contribution is -2.27. The van der Waals surface area contributed by atoms with Gasteiger partial charge in [0.1, 0.15) is 5.82 Å². The Balaban J connectivity index is 1.84. The van der Waals surface area contributed by atoms with E-state index in [-0.39, 0.29) is 6.04 Å². The number of hydrogen-bond acceptors (Lipinski definition) is 5. The Morgan fingerprint density at radius 3 is 3.06 bits per heavy atom. The minimum atomic E-state index is -0.414. The molecule has 1 saturated heterocycles. The summed E-state index contributed by atoms with van der Waals surface area (Å²) in [7, 11) is 0. The Labute approximate surface area is 103 Å². The molecule has 1 N–H and O–H groups in total. The number of nitrogens with one attached hydrogen (secondary N) is 1. The van der Waals surface area contributed by atoms with E-state index in [1.165, 1.54) is 18.7 Å². The molecule has 1 unspecified atom stereocenters. The van der Waals surface area contributed by atoms with Gasteiger partial charge in [-0.2, -0.15) is 4.98 Å². The zero-order valence-electron chi connectivity index (χ0n) is 9.77. The first-order chi connectivity index (χ1) is 8.83. The van der Waals surface area contributed by atoms with E-state index in [0.29, 0.717) is 17.3 Å². The van der Waals surface area contributed by atoms with Crippen LogP contribution in [0.1, 0.15) is 31.1 Å². The highest BCUT2D eigenvalue weighted by molar-refractivity contribution is 5.50. The zero-order chi connectivity index (χ0) is 12.4. The van der Waals surface area contributed by atoms with Crippen molar-refractivity contribution < 1.29 is 8.91 Å². The number of halogens is 1. The summed E-state index contributed by atoms with van der Waals surface area (Å²) in [5, 5.41) is 7.28. The molecule has 1 aliphatic heterocycles. The van der Waals surface area contributed by atoms with Crippen molar-refractivity contribution in [1.82, 2.24) is 20.4 Å². The first kappa shape index (κ1) is 11.3. The summed E-state index contributed by atoms with van der Waals surface area (Å²) in [5.74, 6) is 0.529. The van der Waals surface area contributed by atoms with Gasteiger partial charge < -0.3 is 9.84 Å². The second-order valence-electron chi connectivity index (χ2n) is 4.35. The van der Waals surface area contributed by atoms with E-state index in [4.69, 9.17) is 4.52 Å². The summed E-state index contributed by atoms with van der Waals surface area (Å²) in [4.78, 5) is 8.06. The van der Waals surface area contributed by atoms with Gasteiger partial charge in [0, 0.05) is 6.20 Å². The molecular formula is C12H13FN4O. The highest BCUT2D eigenvalue weighted by atomic mass is 19.1. The molecule has 1 aliphatic rings. The normalized spacial score (nSPS) is 19.9. The maximum absolute atomic E-state index is 13.0. The number of piperidine rings is 1. The molecule has 0 spiro atoms. The average Bonchev–Trinajstić information content (AvgIpc) is 2.89. The van der Waals surface area contributed by atoms with Crippen molar-refractivity contribution in [2.75, 3.05) is 6.54 Å². The van der Waals surface area contributed by atoms with Crippen LogP contribution in [-0.4, -0.2) is 21.7 Å². The minimum Gasteiger partial charge on any atom is -0.334 e. The zero-order valence-corrected chi connectivity index (χ0v) is 9.77. The first-order valence-corrected chi connectivity index (χ1v) is 6.01. The summed E-state index contributed by atoms with van der Waals surface area (Å²) in [6, 6.07) is 1.47. The molecule has 0 aromatic carbocycles. The minimum absolute atomic E-state index is 0.137. The molecule has 0 amide bonds. The maximum atomic E-state index is 13.0. The van der Waals surface area contributed by atoms with Crippen molar-refractivity contribution in [3.05, 3.63) is 30.1 Å². The molecule has 0 bridgehead atoms. The van der Waals surface area contributed by atoms with Crippen molar-refractivity contribution in [3.8, 4) is 11.5 Å². The van der Waals surface area contributed by atoms with E-state index in [1.54, 1.807) is 0 Å². The van der Waals surface area contributed by atoms with E-state index in [2.05, 4.69) is 20.4 Å². The van der Waals surface area contributed by atoms with Crippen LogP contribution in [-0.2, 0) is 0 Å². The molecule has 1 fully saturated rings. The molecule has 5 nitrogen and oxygen atoms in total. The lowest BCUT2D eigenvalue weighted by atomic mass is 10.0. The van der Waals surface area contributed by atoms with Gasteiger partial charge in [-0.25, -0.2) is 4.39 Å². The lowest BCUT2D eigenvalue weighted by molar-refractivity contribution is 0.367. The molecule has 18 heavy (non-hydrogen) atoms. The molecule has 3 rings (SSSR count). The Bertz CT molecular complexity index is 536. The Hall–Kier alpha value is -1.82. The molecule has 0 saturated carbocycles. The van der Waals surface area contributed by atoms with Crippen LogP contribution in [0.4, 0.5) is 4.39 Å². The van der Waals surface area contributed by atoms with Crippen LogP contribution < -0.4 is 5.32 Å². The van der Waals surface area contributed by atoms with Crippen molar-refractivity contribution in [2.24, 2.45) is 0 Å². The molecule has 0 radical (unpaired) electrons. The second kappa shape index (κ2) is 4.81. The second-order valence-corrected chi connectivity index (χ2v) is 4.35. The third kappa shape index (κ3) is 2.24.